The number of methoxy groups -OCH3 is 1. The Balaban J connectivity index is 2.53. The second-order valence-electron chi connectivity index (χ2n) is 3.91. The number of amidine groups is 1. The molecule has 0 spiro atoms. The van der Waals surface area contributed by atoms with E-state index in [9.17, 15) is 8.42 Å². The van der Waals surface area contributed by atoms with Gasteiger partial charge in [-0.1, -0.05) is 17.3 Å². The standard InChI is InChI=1S/C12H13N3O4S2/c1-19-9-5-2-4-8(12(13)14-16)11(9)15-21(17,18)10-6-3-7-20-10/h2-7,15-16H,1H3,(H2,13,14). The predicted octanol–water partition coefficient (Wildman–Crippen LogP) is 1.65. The first-order valence-corrected chi connectivity index (χ1v) is 8.07. The molecule has 0 saturated carbocycles. The molecule has 112 valence electrons. The molecule has 1 aromatic carbocycles. The van der Waals surface area contributed by atoms with Crippen LogP contribution in [0.1, 0.15) is 5.56 Å². The van der Waals surface area contributed by atoms with Gasteiger partial charge in [-0.05, 0) is 23.6 Å². The number of hydrogen-bond donors (Lipinski definition) is 3. The Hall–Kier alpha value is -2.26. The maximum atomic E-state index is 12.3. The largest absolute Gasteiger partial charge is 0.495 e. The lowest BCUT2D eigenvalue weighted by molar-refractivity contribution is 0.318. The number of rotatable bonds is 5. The summed E-state index contributed by atoms with van der Waals surface area (Å²) < 4.78 is 32.3. The van der Waals surface area contributed by atoms with Crippen LogP contribution in [0.15, 0.2) is 45.1 Å². The molecule has 7 nitrogen and oxygen atoms in total. The average Bonchev–Trinajstić information content (AvgIpc) is 3.01. The summed E-state index contributed by atoms with van der Waals surface area (Å²) in [4.78, 5) is 0. The molecule has 9 heteroatoms. The van der Waals surface area contributed by atoms with Gasteiger partial charge in [0.25, 0.3) is 10.0 Å². The van der Waals surface area contributed by atoms with Crippen molar-refractivity contribution in [1.29, 1.82) is 0 Å². The van der Waals surface area contributed by atoms with Gasteiger partial charge in [-0.25, -0.2) is 8.42 Å². The molecule has 0 saturated heterocycles. The van der Waals surface area contributed by atoms with E-state index in [1.165, 1.54) is 19.2 Å². The van der Waals surface area contributed by atoms with Gasteiger partial charge in [0.15, 0.2) is 5.84 Å². The Morgan fingerprint density at radius 3 is 2.71 bits per heavy atom. The average molecular weight is 327 g/mol. The van der Waals surface area contributed by atoms with E-state index in [0.717, 1.165) is 11.3 Å². The van der Waals surface area contributed by atoms with Crippen molar-refractivity contribution in [2.24, 2.45) is 10.9 Å². The van der Waals surface area contributed by atoms with Gasteiger partial charge in [0.1, 0.15) is 15.6 Å². The maximum Gasteiger partial charge on any atom is 0.271 e. The van der Waals surface area contributed by atoms with Crippen LogP contribution >= 0.6 is 11.3 Å². The van der Waals surface area contributed by atoms with Crippen molar-refractivity contribution in [3.63, 3.8) is 0 Å². The summed E-state index contributed by atoms with van der Waals surface area (Å²) in [6.45, 7) is 0. The zero-order valence-corrected chi connectivity index (χ0v) is 12.6. The SMILES string of the molecule is COc1cccc(/C(N)=N/O)c1NS(=O)(=O)c1cccs1. The third-order valence-electron chi connectivity index (χ3n) is 2.63. The topological polar surface area (TPSA) is 114 Å². The molecule has 0 fully saturated rings. The van der Waals surface area contributed by atoms with Gasteiger partial charge in [-0.2, -0.15) is 0 Å². The van der Waals surface area contributed by atoms with E-state index in [2.05, 4.69) is 9.88 Å². The van der Waals surface area contributed by atoms with Gasteiger partial charge in [0.05, 0.1) is 7.11 Å². The van der Waals surface area contributed by atoms with Crippen LogP contribution in [0.2, 0.25) is 0 Å². The summed E-state index contributed by atoms with van der Waals surface area (Å²) in [5.41, 5.74) is 5.90. The third kappa shape index (κ3) is 3.09. The number of sulfonamides is 1. The molecule has 2 rings (SSSR count). The number of nitrogens with zero attached hydrogens (tertiary/aromatic N) is 1. The number of oxime groups is 1. The van der Waals surface area contributed by atoms with Crippen LogP contribution in [0.25, 0.3) is 0 Å². The lowest BCUT2D eigenvalue weighted by atomic mass is 10.1. The Morgan fingerprint density at radius 1 is 1.38 bits per heavy atom. The van der Waals surface area contributed by atoms with Crippen LogP contribution in [0.4, 0.5) is 5.69 Å². The number of nitrogens with two attached hydrogens (primary N) is 1. The number of ether oxygens (including phenoxy) is 1. The van der Waals surface area contributed by atoms with E-state index in [4.69, 9.17) is 15.7 Å². The summed E-state index contributed by atoms with van der Waals surface area (Å²) in [5.74, 6) is 0.0389. The molecule has 0 bridgehead atoms. The summed E-state index contributed by atoms with van der Waals surface area (Å²) >= 11 is 1.08. The zero-order chi connectivity index (χ0) is 15.5. The maximum absolute atomic E-state index is 12.3. The van der Waals surface area contributed by atoms with Crippen LogP contribution in [0, 0.1) is 0 Å². The molecule has 0 aliphatic rings. The van der Waals surface area contributed by atoms with Crippen LogP contribution in [-0.4, -0.2) is 26.6 Å². The Morgan fingerprint density at radius 2 is 2.14 bits per heavy atom. The lowest BCUT2D eigenvalue weighted by Crippen LogP contribution is -2.19. The molecule has 1 heterocycles. The van der Waals surface area contributed by atoms with E-state index >= 15 is 0 Å². The Bertz CT molecular complexity index is 755. The quantitative estimate of drug-likeness (QED) is 0.334. The number of thiophene rings is 1. The number of nitrogens with one attached hydrogen (secondary N) is 1. The van der Waals surface area contributed by atoms with E-state index in [-0.39, 0.29) is 27.0 Å². The van der Waals surface area contributed by atoms with Crippen LogP contribution in [0.3, 0.4) is 0 Å². The van der Waals surface area contributed by atoms with Crippen molar-refractivity contribution in [2.45, 2.75) is 4.21 Å². The number of hydrogen-bond acceptors (Lipinski definition) is 6. The van der Waals surface area contributed by atoms with E-state index in [0.29, 0.717) is 0 Å². The van der Waals surface area contributed by atoms with Gasteiger partial charge >= 0.3 is 0 Å². The fraction of sp³-hybridized carbons (Fsp3) is 0.0833. The number of para-hydroxylation sites is 1. The smallest absolute Gasteiger partial charge is 0.271 e. The number of benzene rings is 1. The highest BCUT2D eigenvalue weighted by molar-refractivity contribution is 7.94. The second-order valence-corrected chi connectivity index (χ2v) is 6.76. The van der Waals surface area contributed by atoms with Gasteiger partial charge < -0.3 is 15.7 Å². The van der Waals surface area contributed by atoms with E-state index in [1.807, 2.05) is 0 Å². The van der Waals surface area contributed by atoms with Crippen molar-refractivity contribution in [1.82, 2.24) is 0 Å². The van der Waals surface area contributed by atoms with Crippen LogP contribution in [0.5, 0.6) is 5.75 Å². The summed E-state index contributed by atoms with van der Waals surface area (Å²) in [5, 5.41) is 13.4. The molecule has 4 N–H and O–H groups in total. The normalized spacial score (nSPS) is 12.1. The second kappa shape index (κ2) is 6.02. The Labute approximate surface area is 125 Å². The summed E-state index contributed by atoms with van der Waals surface area (Å²) in [7, 11) is -2.37. The molecule has 0 aliphatic carbocycles. The van der Waals surface area contributed by atoms with Gasteiger partial charge in [0, 0.05) is 5.56 Å². The summed E-state index contributed by atoms with van der Waals surface area (Å²) in [6, 6.07) is 7.80. The highest BCUT2D eigenvalue weighted by Gasteiger charge is 2.21. The van der Waals surface area contributed by atoms with Crippen molar-refractivity contribution < 1.29 is 18.4 Å². The molecule has 1 aromatic heterocycles. The molecule has 0 unspecified atom stereocenters. The number of anilines is 1. The fourth-order valence-electron chi connectivity index (χ4n) is 1.67. The Kier molecular flexibility index (Phi) is 4.34. The highest BCUT2D eigenvalue weighted by atomic mass is 32.2. The van der Waals surface area contributed by atoms with Crippen molar-refractivity contribution >= 4 is 32.9 Å². The molecular weight excluding hydrogens is 314 g/mol. The molecule has 0 amide bonds. The highest BCUT2D eigenvalue weighted by Crippen LogP contribution is 2.31. The minimum absolute atomic E-state index is 0.115. The monoisotopic (exact) mass is 327 g/mol. The van der Waals surface area contributed by atoms with E-state index < -0.39 is 10.0 Å². The third-order valence-corrected chi connectivity index (χ3v) is 5.37. The minimum atomic E-state index is -3.77. The first kappa shape index (κ1) is 15.1. The van der Waals surface area contributed by atoms with Crippen LogP contribution in [-0.2, 0) is 10.0 Å². The van der Waals surface area contributed by atoms with Gasteiger partial charge in [0.2, 0.25) is 0 Å². The molecule has 0 aliphatic heterocycles. The van der Waals surface area contributed by atoms with Gasteiger partial charge in [-0.3, -0.25) is 4.72 Å². The lowest BCUT2D eigenvalue weighted by Gasteiger charge is -2.14. The van der Waals surface area contributed by atoms with Crippen LogP contribution < -0.4 is 15.2 Å². The van der Waals surface area contributed by atoms with Gasteiger partial charge in [-0.15, -0.1) is 11.3 Å². The first-order valence-electron chi connectivity index (χ1n) is 5.71. The van der Waals surface area contributed by atoms with E-state index in [1.54, 1.807) is 23.6 Å². The first-order chi connectivity index (χ1) is 9.99. The zero-order valence-electron chi connectivity index (χ0n) is 11.0. The fourth-order valence-corrected chi connectivity index (χ4v) is 3.76. The minimum Gasteiger partial charge on any atom is -0.495 e. The summed E-state index contributed by atoms with van der Waals surface area (Å²) in [6.07, 6.45) is 0. The molecule has 21 heavy (non-hydrogen) atoms. The predicted molar refractivity (Wildman–Crippen MR) is 80.6 cm³/mol. The molecule has 0 atom stereocenters. The van der Waals surface area contributed by atoms with Crippen molar-refractivity contribution in [2.75, 3.05) is 11.8 Å². The molecular formula is C12H13N3O4S2. The van der Waals surface area contributed by atoms with Crippen molar-refractivity contribution in [3.8, 4) is 5.75 Å². The van der Waals surface area contributed by atoms with Crippen molar-refractivity contribution in [3.05, 3.63) is 41.3 Å². The molecule has 0 radical (unpaired) electrons. The molecule has 2 aromatic rings.